The molecule has 2 aromatic heterocycles. The van der Waals surface area contributed by atoms with Gasteiger partial charge in [-0.2, -0.15) is 4.31 Å². The third-order valence-electron chi connectivity index (χ3n) is 5.84. The first-order valence-electron chi connectivity index (χ1n) is 11.3. The Morgan fingerprint density at radius 3 is 2.26 bits per heavy atom. The first-order chi connectivity index (χ1) is 16.3. The van der Waals surface area contributed by atoms with Crippen LogP contribution >= 0.6 is 0 Å². The van der Waals surface area contributed by atoms with Gasteiger partial charge in [-0.25, -0.2) is 23.4 Å². The molecule has 11 heteroatoms. The molecule has 0 bridgehead atoms. The molecular formula is C23H30N6O4S. The van der Waals surface area contributed by atoms with Crippen LogP contribution in [0.15, 0.2) is 41.8 Å². The van der Waals surface area contributed by atoms with Crippen molar-refractivity contribution in [2.45, 2.75) is 32.6 Å². The number of hydrogen-bond acceptors (Lipinski definition) is 8. The number of rotatable bonds is 8. The molecule has 0 atom stereocenters. The van der Waals surface area contributed by atoms with Gasteiger partial charge in [-0.05, 0) is 39.8 Å². The molecule has 0 amide bonds. The van der Waals surface area contributed by atoms with Gasteiger partial charge >= 0.3 is 0 Å². The standard InChI is InChI=1S/C23H30N6O4S/c1-5-32-19-7-8-20(33-6-2)21(13-19)34(30,31)28-11-9-27(10-12-28)22-14-23(25-15-24-22)29-16-26-17(3)18(29)4/h7-8,13-16H,5-6,9-12H2,1-4H3. The molecule has 1 aromatic carbocycles. The zero-order valence-corrected chi connectivity index (χ0v) is 20.7. The van der Waals surface area contributed by atoms with Crippen molar-refractivity contribution in [1.82, 2.24) is 23.8 Å². The van der Waals surface area contributed by atoms with Crippen molar-refractivity contribution in [1.29, 1.82) is 0 Å². The van der Waals surface area contributed by atoms with Crippen LogP contribution in [-0.2, 0) is 10.0 Å². The highest BCUT2D eigenvalue weighted by Crippen LogP contribution is 2.32. The van der Waals surface area contributed by atoms with Gasteiger partial charge in [0, 0.05) is 44.0 Å². The molecule has 10 nitrogen and oxygen atoms in total. The molecule has 1 aliphatic rings. The molecule has 1 fully saturated rings. The fourth-order valence-corrected chi connectivity index (χ4v) is 5.46. The van der Waals surface area contributed by atoms with E-state index in [2.05, 4.69) is 19.9 Å². The zero-order valence-electron chi connectivity index (χ0n) is 19.9. The van der Waals surface area contributed by atoms with Crippen LogP contribution in [0.5, 0.6) is 11.5 Å². The van der Waals surface area contributed by atoms with E-state index in [1.807, 2.05) is 38.3 Å². The fourth-order valence-electron chi connectivity index (χ4n) is 3.89. The number of benzene rings is 1. The summed E-state index contributed by atoms with van der Waals surface area (Å²) in [5, 5.41) is 0. The number of aromatic nitrogens is 4. The summed E-state index contributed by atoms with van der Waals surface area (Å²) in [5.41, 5.74) is 1.96. The van der Waals surface area contributed by atoms with E-state index in [-0.39, 0.29) is 4.90 Å². The number of nitrogens with zero attached hydrogens (tertiary/aromatic N) is 6. The van der Waals surface area contributed by atoms with Crippen LogP contribution in [-0.4, -0.2) is 71.6 Å². The average molecular weight is 487 g/mol. The largest absolute Gasteiger partial charge is 0.494 e. The Bertz CT molecular complexity index is 1250. The predicted molar refractivity (Wildman–Crippen MR) is 128 cm³/mol. The normalized spacial score (nSPS) is 14.9. The number of hydrogen-bond donors (Lipinski definition) is 0. The van der Waals surface area contributed by atoms with Crippen molar-refractivity contribution in [3.05, 3.63) is 48.3 Å². The first-order valence-corrected chi connectivity index (χ1v) is 12.8. The lowest BCUT2D eigenvalue weighted by molar-refractivity contribution is 0.319. The second kappa shape index (κ2) is 9.98. The van der Waals surface area contributed by atoms with E-state index in [9.17, 15) is 8.42 Å². The lowest BCUT2D eigenvalue weighted by atomic mass is 10.3. The third-order valence-corrected chi connectivity index (χ3v) is 7.76. The van der Waals surface area contributed by atoms with Gasteiger partial charge in [-0.15, -0.1) is 0 Å². The summed E-state index contributed by atoms with van der Waals surface area (Å²) >= 11 is 0. The van der Waals surface area contributed by atoms with Gasteiger partial charge in [0.2, 0.25) is 10.0 Å². The number of aryl methyl sites for hydroxylation is 1. The molecule has 0 saturated carbocycles. The smallest absolute Gasteiger partial charge is 0.247 e. The Balaban J connectivity index is 1.52. The third kappa shape index (κ3) is 4.71. The highest BCUT2D eigenvalue weighted by atomic mass is 32.2. The van der Waals surface area contributed by atoms with Gasteiger partial charge in [-0.3, -0.25) is 4.57 Å². The maximum absolute atomic E-state index is 13.5. The summed E-state index contributed by atoms with van der Waals surface area (Å²) in [7, 11) is -3.76. The molecule has 3 aromatic rings. The van der Waals surface area contributed by atoms with Crippen molar-refractivity contribution in [2.24, 2.45) is 0 Å². The van der Waals surface area contributed by atoms with Crippen LogP contribution in [0, 0.1) is 13.8 Å². The fraction of sp³-hybridized carbons (Fsp3) is 0.435. The minimum absolute atomic E-state index is 0.129. The Kier molecular flexibility index (Phi) is 7.03. The van der Waals surface area contributed by atoms with Crippen LogP contribution in [0.1, 0.15) is 25.2 Å². The maximum Gasteiger partial charge on any atom is 0.247 e. The lowest BCUT2D eigenvalue weighted by Gasteiger charge is -2.35. The molecule has 0 spiro atoms. The van der Waals surface area contributed by atoms with Crippen molar-refractivity contribution in [3.63, 3.8) is 0 Å². The van der Waals surface area contributed by atoms with Crippen molar-refractivity contribution >= 4 is 15.8 Å². The molecule has 182 valence electrons. The lowest BCUT2D eigenvalue weighted by Crippen LogP contribution is -2.49. The highest BCUT2D eigenvalue weighted by molar-refractivity contribution is 7.89. The molecule has 3 heterocycles. The van der Waals surface area contributed by atoms with Crippen LogP contribution in [0.2, 0.25) is 0 Å². The van der Waals surface area contributed by atoms with Crippen LogP contribution in [0.25, 0.3) is 5.82 Å². The Hall–Kier alpha value is -3.18. The molecule has 0 unspecified atom stereocenters. The Morgan fingerprint density at radius 2 is 1.62 bits per heavy atom. The number of ether oxygens (including phenoxy) is 2. The number of anilines is 1. The molecule has 0 N–H and O–H groups in total. The van der Waals surface area contributed by atoms with Crippen LogP contribution in [0.4, 0.5) is 5.82 Å². The Morgan fingerprint density at radius 1 is 0.912 bits per heavy atom. The summed E-state index contributed by atoms with van der Waals surface area (Å²) in [6, 6.07) is 6.82. The summed E-state index contributed by atoms with van der Waals surface area (Å²) in [6.45, 7) is 10.1. The second-order valence-corrected chi connectivity index (χ2v) is 9.79. The quantitative estimate of drug-likeness (QED) is 0.479. The van der Waals surface area contributed by atoms with Crippen molar-refractivity contribution < 1.29 is 17.9 Å². The van der Waals surface area contributed by atoms with Crippen molar-refractivity contribution in [2.75, 3.05) is 44.3 Å². The summed E-state index contributed by atoms with van der Waals surface area (Å²) in [5.74, 6) is 2.31. The molecule has 4 rings (SSSR count). The van der Waals surface area contributed by atoms with Gasteiger partial charge in [0.15, 0.2) is 0 Å². The molecule has 0 radical (unpaired) electrons. The number of imidazole rings is 1. The first kappa shape index (κ1) is 24.0. The van der Waals surface area contributed by atoms with Crippen molar-refractivity contribution in [3.8, 4) is 17.3 Å². The number of piperazine rings is 1. The van der Waals surface area contributed by atoms with E-state index < -0.39 is 10.0 Å². The predicted octanol–water partition coefficient (Wildman–Crippen LogP) is 2.59. The minimum Gasteiger partial charge on any atom is -0.494 e. The molecular weight excluding hydrogens is 456 g/mol. The Labute approximate surface area is 200 Å². The van der Waals surface area contributed by atoms with E-state index >= 15 is 0 Å². The van der Waals surface area contributed by atoms with Gasteiger partial charge < -0.3 is 14.4 Å². The topological polar surface area (TPSA) is 103 Å². The average Bonchev–Trinajstić information content (AvgIpc) is 3.18. The second-order valence-electron chi connectivity index (χ2n) is 7.89. The summed E-state index contributed by atoms with van der Waals surface area (Å²) in [6.07, 6.45) is 3.27. The van der Waals surface area contributed by atoms with E-state index in [0.29, 0.717) is 50.9 Å². The van der Waals surface area contributed by atoms with E-state index in [0.717, 1.165) is 23.0 Å². The van der Waals surface area contributed by atoms with Gasteiger partial charge in [0.05, 0.1) is 18.9 Å². The van der Waals surface area contributed by atoms with E-state index in [4.69, 9.17) is 9.47 Å². The zero-order chi connectivity index (χ0) is 24.3. The highest BCUT2D eigenvalue weighted by Gasteiger charge is 2.32. The molecule has 1 saturated heterocycles. The SMILES string of the molecule is CCOc1ccc(OCC)c(S(=O)(=O)N2CCN(c3cc(-n4cnc(C)c4C)ncn3)CC2)c1. The minimum atomic E-state index is -3.76. The summed E-state index contributed by atoms with van der Waals surface area (Å²) < 4.78 is 41.5. The van der Waals surface area contributed by atoms with E-state index in [1.165, 1.54) is 10.6 Å². The molecule has 34 heavy (non-hydrogen) atoms. The maximum atomic E-state index is 13.5. The summed E-state index contributed by atoms with van der Waals surface area (Å²) in [4.78, 5) is 15.3. The van der Waals surface area contributed by atoms with E-state index in [1.54, 1.807) is 24.5 Å². The molecule has 0 aliphatic carbocycles. The number of sulfonamides is 1. The van der Waals surface area contributed by atoms with Gasteiger partial charge in [-0.1, -0.05) is 0 Å². The van der Waals surface area contributed by atoms with Crippen LogP contribution in [0.3, 0.4) is 0 Å². The monoisotopic (exact) mass is 486 g/mol. The van der Waals surface area contributed by atoms with Gasteiger partial charge in [0.1, 0.15) is 40.7 Å². The van der Waals surface area contributed by atoms with Gasteiger partial charge in [0.25, 0.3) is 0 Å². The van der Waals surface area contributed by atoms with Crippen LogP contribution < -0.4 is 14.4 Å². The molecule has 1 aliphatic heterocycles.